The van der Waals surface area contributed by atoms with E-state index in [9.17, 15) is 18.0 Å². The summed E-state index contributed by atoms with van der Waals surface area (Å²) >= 11 is 0. The fourth-order valence-corrected chi connectivity index (χ4v) is 2.56. The lowest BCUT2D eigenvalue weighted by atomic mass is 10.1. The van der Waals surface area contributed by atoms with Crippen LogP contribution < -0.4 is 4.90 Å². The first-order valence-corrected chi connectivity index (χ1v) is 7.35. The van der Waals surface area contributed by atoms with Gasteiger partial charge in [-0.25, -0.2) is 27.9 Å². The molecule has 1 aliphatic rings. The molecule has 1 N–H and O–H groups in total. The van der Waals surface area contributed by atoms with E-state index in [0.29, 0.717) is 11.4 Å². The molecule has 0 unspecified atom stereocenters. The Labute approximate surface area is 135 Å². The predicted molar refractivity (Wildman–Crippen MR) is 80.8 cm³/mol. The van der Waals surface area contributed by atoms with Crippen molar-refractivity contribution in [2.45, 2.75) is 18.8 Å². The molecule has 3 rings (SSSR count). The van der Waals surface area contributed by atoms with Crippen LogP contribution in [0.2, 0.25) is 0 Å². The molecule has 126 valence electrons. The van der Waals surface area contributed by atoms with E-state index in [0.717, 1.165) is 6.20 Å². The second-order valence-electron chi connectivity index (χ2n) is 5.58. The monoisotopic (exact) mass is 337 g/mol. The summed E-state index contributed by atoms with van der Waals surface area (Å²) in [5.74, 6) is -4.08. The normalized spacial score (nSPS) is 16.9. The van der Waals surface area contributed by atoms with Gasteiger partial charge in [0.15, 0.2) is 11.5 Å². The maximum atomic E-state index is 13.3. The summed E-state index contributed by atoms with van der Waals surface area (Å²) in [6.45, 7) is 0.171. The minimum absolute atomic E-state index is 0.0856. The van der Waals surface area contributed by atoms with Crippen molar-refractivity contribution in [1.29, 1.82) is 0 Å². The molecule has 2 heterocycles. The SMILES string of the molecule is O=C(O)c1cnc(N2CCC(F)(F)CC2)c(-c2ccc(F)cc2)n1. The van der Waals surface area contributed by atoms with Crippen LogP contribution in [0.25, 0.3) is 11.3 Å². The number of alkyl halides is 2. The Balaban J connectivity index is 2.02. The molecule has 0 aliphatic carbocycles. The lowest BCUT2D eigenvalue weighted by Crippen LogP contribution is -2.40. The highest BCUT2D eigenvalue weighted by Gasteiger charge is 2.35. The van der Waals surface area contributed by atoms with Gasteiger partial charge in [-0.1, -0.05) is 0 Å². The van der Waals surface area contributed by atoms with Gasteiger partial charge in [-0.2, -0.15) is 0 Å². The van der Waals surface area contributed by atoms with Crippen LogP contribution in [0.15, 0.2) is 30.5 Å². The molecule has 0 radical (unpaired) electrons. The van der Waals surface area contributed by atoms with E-state index in [2.05, 4.69) is 9.97 Å². The predicted octanol–water partition coefficient (Wildman–Crippen LogP) is 3.22. The van der Waals surface area contributed by atoms with Gasteiger partial charge in [0, 0.05) is 31.5 Å². The Kier molecular flexibility index (Phi) is 4.13. The lowest BCUT2D eigenvalue weighted by Gasteiger charge is -2.33. The van der Waals surface area contributed by atoms with Crippen molar-refractivity contribution in [3.8, 4) is 11.3 Å². The number of hydrogen-bond donors (Lipinski definition) is 1. The molecule has 24 heavy (non-hydrogen) atoms. The van der Waals surface area contributed by atoms with Crippen molar-refractivity contribution >= 4 is 11.8 Å². The topological polar surface area (TPSA) is 66.3 Å². The molecule has 5 nitrogen and oxygen atoms in total. The van der Waals surface area contributed by atoms with Gasteiger partial charge in [0.2, 0.25) is 0 Å². The molecule has 0 atom stereocenters. The quantitative estimate of drug-likeness (QED) is 0.931. The Morgan fingerprint density at radius 2 is 1.79 bits per heavy atom. The molecule has 1 aromatic heterocycles. The van der Waals surface area contributed by atoms with E-state index < -0.39 is 17.7 Å². The van der Waals surface area contributed by atoms with Crippen LogP contribution in [-0.2, 0) is 0 Å². The van der Waals surface area contributed by atoms with E-state index in [1.165, 1.54) is 24.3 Å². The van der Waals surface area contributed by atoms with Crippen LogP contribution in [0.3, 0.4) is 0 Å². The average Bonchev–Trinajstić information content (AvgIpc) is 2.55. The summed E-state index contributed by atoms with van der Waals surface area (Å²) in [5, 5.41) is 9.09. The van der Waals surface area contributed by atoms with Crippen molar-refractivity contribution < 1.29 is 23.1 Å². The molecule has 1 saturated heterocycles. The summed E-state index contributed by atoms with van der Waals surface area (Å²) < 4.78 is 39.8. The number of aromatic nitrogens is 2. The second kappa shape index (κ2) is 6.10. The van der Waals surface area contributed by atoms with E-state index >= 15 is 0 Å². The first kappa shape index (κ1) is 16.2. The molecule has 0 spiro atoms. The summed E-state index contributed by atoms with van der Waals surface area (Å²) in [6, 6.07) is 5.34. The number of halogens is 3. The number of piperidine rings is 1. The third-order valence-electron chi connectivity index (χ3n) is 3.88. The van der Waals surface area contributed by atoms with Crippen molar-refractivity contribution in [3.63, 3.8) is 0 Å². The zero-order chi connectivity index (χ0) is 17.3. The summed E-state index contributed by atoms with van der Waals surface area (Å²) in [4.78, 5) is 21.0. The standard InChI is InChI=1S/C16H14F3N3O2/c17-11-3-1-10(2-4-11)13-14(20-9-12(21-13)15(23)24)22-7-5-16(18,19)6-8-22/h1-4,9H,5-8H2,(H,23,24). The van der Waals surface area contributed by atoms with Gasteiger partial charge >= 0.3 is 5.97 Å². The van der Waals surface area contributed by atoms with Crippen LogP contribution in [0.4, 0.5) is 19.0 Å². The van der Waals surface area contributed by atoms with Gasteiger partial charge in [0.25, 0.3) is 5.92 Å². The molecule has 1 fully saturated rings. The minimum atomic E-state index is -2.71. The van der Waals surface area contributed by atoms with Crippen molar-refractivity contribution in [1.82, 2.24) is 9.97 Å². The van der Waals surface area contributed by atoms with Crippen LogP contribution in [-0.4, -0.2) is 40.1 Å². The van der Waals surface area contributed by atoms with Crippen LogP contribution in [0, 0.1) is 5.82 Å². The first-order chi connectivity index (χ1) is 11.4. The Morgan fingerprint density at radius 3 is 2.38 bits per heavy atom. The van der Waals surface area contributed by atoms with E-state index in [1.807, 2.05) is 0 Å². The number of carboxylic acids is 1. The molecule has 8 heteroatoms. The van der Waals surface area contributed by atoms with Gasteiger partial charge in [-0.15, -0.1) is 0 Å². The highest BCUT2D eigenvalue weighted by atomic mass is 19.3. The van der Waals surface area contributed by atoms with Crippen LogP contribution in [0.5, 0.6) is 0 Å². The second-order valence-corrected chi connectivity index (χ2v) is 5.58. The van der Waals surface area contributed by atoms with Gasteiger partial charge in [-0.05, 0) is 24.3 Å². The van der Waals surface area contributed by atoms with E-state index in [4.69, 9.17) is 5.11 Å². The summed E-state index contributed by atoms with van der Waals surface area (Å²) in [7, 11) is 0. The zero-order valence-corrected chi connectivity index (χ0v) is 12.5. The molecule has 1 aliphatic heterocycles. The fraction of sp³-hybridized carbons (Fsp3) is 0.312. The molecular weight excluding hydrogens is 323 g/mol. The van der Waals surface area contributed by atoms with Gasteiger partial charge in [-0.3, -0.25) is 0 Å². The zero-order valence-electron chi connectivity index (χ0n) is 12.5. The summed E-state index contributed by atoms with van der Waals surface area (Å²) in [6.07, 6.45) is 0.480. The smallest absolute Gasteiger partial charge is 0.356 e. The van der Waals surface area contributed by atoms with Crippen molar-refractivity contribution in [2.75, 3.05) is 18.0 Å². The number of hydrogen-bond acceptors (Lipinski definition) is 4. The lowest BCUT2D eigenvalue weighted by molar-refractivity contribution is -0.0221. The van der Waals surface area contributed by atoms with Gasteiger partial charge in [0.1, 0.15) is 11.5 Å². The average molecular weight is 337 g/mol. The molecular formula is C16H14F3N3O2. The van der Waals surface area contributed by atoms with Gasteiger partial charge < -0.3 is 10.0 Å². The molecule has 0 bridgehead atoms. The highest BCUT2D eigenvalue weighted by Crippen LogP contribution is 2.33. The Bertz CT molecular complexity index is 756. The fourth-order valence-electron chi connectivity index (χ4n) is 2.56. The van der Waals surface area contributed by atoms with Crippen LogP contribution >= 0.6 is 0 Å². The van der Waals surface area contributed by atoms with Crippen LogP contribution in [0.1, 0.15) is 23.3 Å². The van der Waals surface area contributed by atoms with E-state index in [1.54, 1.807) is 4.90 Å². The maximum absolute atomic E-state index is 13.3. The number of anilines is 1. The van der Waals surface area contributed by atoms with Crippen molar-refractivity contribution in [3.05, 3.63) is 42.0 Å². The molecule has 1 aromatic carbocycles. The molecule has 2 aromatic rings. The maximum Gasteiger partial charge on any atom is 0.356 e. The summed E-state index contributed by atoms with van der Waals surface area (Å²) in [5.41, 5.74) is 0.444. The molecule has 0 amide bonds. The Hall–Kier alpha value is -2.64. The van der Waals surface area contributed by atoms with E-state index in [-0.39, 0.29) is 37.3 Å². The third kappa shape index (κ3) is 3.32. The number of benzene rings is 1. The number of aromatic carboxylic acids is 1. The molecule has 0 saturated carbocycles. The number of rotatable bonds is 3. The van der Waals surface area contributed by atoms with Gasteiger partial charge in [0.05, 0.1) is 6.20 Å². The highest BCUT2D eigenvalue weighted by molar-refractivity contribution is 5.87. The largest absolute Gasteiger partial charge is 0.476 e. The Morgan fingerprint density at radius 1 is 1.17 bits per heavy atom. The van der Waals surface area contributed by atoms with Crippen molar-refractivity contribution in [2.24, 2.45) is 0 Å². The minimum Gasteiger partial charge on any atom is -0.476 e. The number of carboxylic acid groups (broad SMARTS) is 1. The number of nitrogens with zero attached hydrogens (tertiary/aromatic N) is 3. The first-order valence-electron chi connectivity index (χ1n) is 7.35. The third-order valence-corrected chi connectivity index (χ3v) is 3.88. The number of carbonyl (C=O) groups is 1.